The molecule has 4 N–H and O–H groups in total. The van der Waals surface area contributed by atoms with Crippen LogP contribution in [0, 0.1) is 0 Å². The van der Waals surface area contributed by atoms with E-state index in [2.05, 4.69) is 19.7 Å². The molecule has 0 amide bonds. The lowest BCUT2D eigenvalue weighted by molar-refractivity contribution is -0.137. The Hall–Kier alpha value is -3.08. The molecule has 0 spiro atoms. The number of aromatic amines is 1. The first-order chi connectivity index (χ1) is 12.1. The van der Waals surface area contributed by atoms with Crippen LogP contribution in [-0.4, -0.2) is 24.3 Å². The van der Waals surface area contributed by atoms with E-state index in [0.29, 0.717) is 17.1 Å². The zero-order chi connectivity index (χ0) is 18.9. The van der Waals surface area contributed by atoms with Gasteiger partial charge in [-0.3, -0.25) is 5.32 Å². The van der Waals surface area contributed by atoms with Gasteiger partial charge in [-0.15, -0.1) is 4.40 Å². The number of nitrogens with one attached hydrogen (secondary N) is 2. The molecule has 2 aromatic carbocycles. The van der Waals surface area contributed by atoms with Crippen molar-refractivity contribution in [3.05, 3.63) is 54.1 Å². The molecule has 0 atom stereocenters. The van der Waals surface area contributed by atoms with E-state index in [4.69, 9.17) is 5.73 Å². The Labute approximate surface area is 145 Å². The summed E-state index contributed by atoms with van der Waals surface area (Å²) in [6.07, 6.45) is -4.67. The zero-order valence-corrected chi connectivity index (χ0v) is 13.8. The van der Waals surface area contributed by atoms with Gasteiger partial charge >= 0.3 is 6.18 Å². The number of imidazole rings is 1. The zero-order valence-electron chi connectivity index (χ0n) is 12.9. The second kappa shape index (κ2) is 6.33. The van der Waals surface area contributed by atoms with E-state index < -0.39 is 32.6 Å². The molecule has 0 saturated heterocycles. The highest BCUT2D eigenvalue weighted by molar-refractivity contribution is 7.90. The molecular formula is C15H12F3N5O2S. The molecule has 1 aromatic heterocycles. The van der Waals surface area contributed by atoms with Crippen molar-refractivity contribution in [3.63, 3.8) is 0 Å². The molecule has 26 heavy (non-hydrogen) atoms. The number of alkyl halides is 3. The Bertz CT molecular complexity index is 1060. The maximum atomic E-state index is 12.7. The van der Waals surface area contributed by atoms with Crippen LogP contribution in [0.1, 0.15) is 5.56 Å². The Morgan fingerprint density at radius 2 is 1.88 bits per heavy atom. The van der Waals surface area contributed by atoms with Crippen LogP contribution in [0.5, 0.6) is 0 Å². The first-order valence-electron chi connectivity index (χ1n) is 7.15. The summed E-state index contributed by atoms with van der Waals surface area (Å²) >= 11 is 0. The first-order valence-corrected chi connectivity index (χ1v) is 8.59. The third-order valence-electron chi connectivity index (χ3n) is 3.31. The average Bonchev–Trinajstić information content (AvgIpc) is 2.95. The fourth-order valence-corrected chi connectivity index (χ4v) is 3.11. The molecule has 11 heteroatoms. The van der Waals surface area contributed by atoms with Gasteiger partial charge in [0.05, 0.1) is 21.5 Å². The maximum absolute atomic E-state index is 12.7. The SMILES string of the molecule is N/C(=N\S(=O)(=O)c1cccc(C(F)(F)F)c1)Nc1nc2ccccc2[nH]1. The van der Waals surface area contributed by atoms with Crippen LogP contribution >= 0.6 is 0 Å². The highest BCUT2D eigenvalue weighted by Crippen LogP contribution is 2.30. The summed E-state index contributed by atoms with van der Waals surface area (Å²) in [7, 11) is -4.43. The van der Waals surface area contributed by atoms with E-state index >= 15 is 0 Å². The van der Waals surface area contributed by atoms with Gasteiger partial charge in [-0.2, -0.15) is 21.6 Å². The summed E-state index contributed by atoms with van der Waals surface area (Å²) in [5.41, 5.74) is 5.75. The monoisotopic (exact) mass is 383 g/mol. The molecule has 136 valence electrons. The second-order valence-corrected chi connectivity index (χ2v) is 6.81. The predicted octanol–water partition coefficient (Wildman–Crippen LogP) is 2.70. The van der Waals surface area contributed by atoms with Crippen LogP contribution in [0.25, 0.3) is 11.0 Å². The lowest BCUT2D eigenvalue weighted by atomic mass is 10.2. The predicted molar refractivity (Wildman–Crippen MR) is 90.0 cm³/mol. The fraction of sp³-hybridized carbons (Fsp3) is 0.0667. The van der Waals surface area contributed by atoms with Crippen molar-refractivity contribution in [1.29, 1.82) is 0 Å². The van der Waals surface area contributed by atoms with Crippen LogP contribution in [0.4, 0.5) is 19.1 Å². The number of guanidine groups is 1. The van der Waals surface area contributed by atoms with Crippen molar-refractivity contribution in [1.82, 2.24) is 9.97 Å². The smallest absolute Gasteiger partial charge is 0.369 e. The van der Waals surface area contributed by atoms with Crippen LogP contribution in [-0.2, 0) is 16.2 Å². The van der Waals surface area contributed by atoms with Crippen LogP contribution in [0.2, 0.25) is 0 Å². The normalized spacial score (nSPS) is 13.1. The number of hydrogen-bond donors (Lipinski definition) is 3. The second-order valence-electron chi connectivity index (χ2n) is 5.20. The summed E-state index contributed by atoms with van der Waals surface area (Å²) in [5.74, 6) is -0.395. The summed E-state index contributed by atoms with van der Waals surface area (Å²) in [5, 5.41) is 2.46. The van der Waals surface area contributed by atoms with Gasteiger partial charge in [0.25, 0.3) is 10.0 Å². The Balaban J connectivity index is 1.87. The number of nitrogens with zero attached hydrogens (tertiary/aromatic N) is 2. The number of benzene rings is 2. The number of halogens is 3. The number of aromatic nitrogens is 2. The molecule has 0 saturated carbocycles. The summed E-state index contributed by atoms with van der Waals surface area (Å²) < 4.78 is 65.8. The van der Waals surface area contributed by atoms with E-state index in [9.17, 15) is 21.6 Å². The quantitative estimate of drug-likeness (QED) is 0.475. The van der Waals surface area contributed by atoms with Gasteiger partial charge in [0, 0.05) is 0 Å². The highest BCUT2D eigenvalue weighted by Gasteiger charge is 2.31. The average molecular weight is 383 g/mol. The minimum atomic E-state index is -4.67. The number of rotatable bonds is 3. The molecule has 0 aliphatic rings. The molecule has 7 nitrogen and oxygen atoms in total. The lowest BCUT2D eigenvalue weighted by Crippen LogP contribution is -2.24. The fourth-order valence-electron chi connectivity index (χ4n) is 2.17. The lowest BCUT2D eigenvalue weighted by Gasteiger charge is -2.08. The van der Waals surface area contributed by atoms with Gasteiger partial charge in [-0.05, 0) is 30.3 Å². The van der Waals surface area contributed by atoms with Crippen molar-refractivity contribution < 1.29 is 21.6 Å². The van der Waals surface area contributed by atoms with E-state index in [1.54, 1.807) is 24.3 Å². The Morgan fingerprint density at radius 3 is 2.58 bits per heavy atom. The number of anilines is 1. The van der Waals surface area contributed by atoms with Crippen molar-refractivity contribution >= 4 is 33.0 Å². The number of hydrogen-bond acceptors (Lipinski definition) is 3. The summed E-state index contributed by atoms with van der Waals surface area (Å²) in [6, 6.07) is 10.3. The first kappa shape index (κ1) is 17.7. The topological polar surface area (TPSA) is 113 Å². The Morgan fingerprint density at radius 1 is 1.15 bits per heavy atom. The van der Waals surface area contributed by atoms with Crippen molar-refractivity contribution in [2.45, 2.75) is 11.1 Å². The molecule has 3 aromatic rings. The number of fused-ring (bicyclic) bond motifs is 1. The summed E-state index contributed by atoms with van der Waals surface area (Å²) in [4.78, 5) is 6.36. The minimum Gasteiger partial charge on any atom is -0.369 e. The van der Waals surface area contributed by atoms with E-state index in [1.165, 1.54) is 0 Å². The molecule has 0 aliphatic carbocycles. The van der Waals surface area contributed by atoms with Crippen molar-refractivity contribution in [3.8, 4) is 0 Å². The van der Waals surface area contributed by atoms with Gasteiger partial charge in [-0.25, -0.2) is 4.98 Å². The minimum absolute atomic E-state index is 0.145. The number of H-pyrrole nitrogens is 1. The third kappa shape index (κ3) is 3.77. The summed E-state index contributed by atoms with van der Waals surface area (Å²) in [6.45, 7) is 0. The Kier molecular flexibility index (Phi) is 4.32. The number of sulfonamides is 1. The van der Waals surface area contributed by atoms with E-state index in [-0.39, 0.29) is 5.95 Å². The number of nitrogens with two attached hydrogens (primary N) is 1. The maximum Gasteiger partial charge on any atom is 0.416 e. The van der Waals surface area contributed by atoms with Gasteiger partial charge in [0.15, 0.2) is 0 Å². The van der Waals surface area contributed by atoms with Gasteiger partial charge in [0.2, 0.25) is 11.9 Å². The van der Waals surface area contributed by atoms with Gasteiger partial charge in [-0.1, -0.05) is 18.2 Å². The standard InChI is InChI=1S/C15H12F3N5O2S/c16-15(17,18)9-4-3-5-10(8-9)26(24,25)23-13(19)22-14-20-11-6-1-2-7-12(11)21-14/h1-8H,(H4,19,20,21,22,23). The third-order valence-corrected chi connectivity index (χ3v) is 4.60. The van der Waals surface area contributed by atoms with Crippen LogP contribution in [0.15, 0.2) is 57.8 Å². The highest BCUT2D eigenvalue weighted by atomic mass is 32.2. The molecule has 0 unspecified atom stereocenters. The van der Waals surface area contributed by atoms with Gasteiger partial charge < -0.3 is 10.7 Å². The molecular weight excluding hydrogens is 371 g/mol. The molecule has 0 bridgehead atoms. The van der Waals surface area contributed by atoms with Gasteiger partial charge in [0.1, 0.15) is 0 Å². The van der Waals surface area contributed by atoms with Crippen LogP contribution in [0.3, 0.4) is 0 Å². The molecule has 1 heterocycles. The van der Waals surface area contributed by atoms with Crippen molar-refractivity contribution in [2.24, 2.45) is 10.1 Å². The van der Waals surface area contributed by atoms with E-state index in [0.717, 1.165) is 18.2 Å². The largest absolute Gasteiger partial charge is 0.416 e. The molecule has 3 rings (SSSR count). The molecule has 0 fully saturated rings. The molecule has 0 radical (unpaired) electrons. The number of para-hydroxylation sites is 2. The van der Waals surface area contributed by atoms with Crippen LogP contribution < -0.4 is 11.1 Å². The van der Waals surface area contributed by atoms with Crippen molar-refractivity contribution in [2.75, 3.05) is 5.32 Å². The molecule has 0 aliphatic heterocycles. The van der Waals surface area contributed by atoms with E-state index in [1.807, 2.05) is 0 Å².